The van der Waals surface area contributed by atoms with E-state index in [-0.39, 0.29) is 6.10 Å². The Bertz CT molecular complexity index is 20.9. The van der Waals surface area contributed by atoms with Gasteiger partial charge in [-0.15, -0.1) is 0 Å². The van der Waals surface area contributed by atoms with Crippen molar-refractivity contribution in [3.8, 4) is 0 Å². The molecule has 0 spiro atoms. The van der Waals surface area contributed by atoms with Gasteiger partial charge in [-0.1, -0.05) is 0 Å². The van der Waals surface area contributed by atoms with Crippen LogP contribution in [0.5, 0.6) is 0 Å². The summed E-state index contributed by atoms with van der Waals surface area (Å²) in [5.41, 5.74) is 0. The minimum atomic E-state index is -0.0540. The molecule has 0 rings (SSSR count). The molecule has 1 N–H and O–H groups in total. The van der Waals surface area contributed by atoms with Crippen LogP contribution in [0, 0.1) is 0 Å². The molecule has 2 heteroatoms. The monoisotopic (exact) mass is 82.0 g/mol. The fourth-order valence-corrected chi connectivity index (χ4v) is 0. The number of aliphatic hydroxyl groups excluding tert-OH is 1. The van der Waals surface area contributed by atoms with Gasteiger partial charge in [0.25, 0.3) is 0 Å². The summed E-state index contributed by atoms with van der Waals surface area (Å²) >= 11 is 1.12. The van der Waals surface area contributed by atoms with Gasteiger partial charge in [-0.3, -0.25) is 0 Å². The van der Waals surface area contributed by atoms with Crippen LogP contribution in [0.15, 0.2) is 0 Å². The summed E-state index contributed by atoms with van der Waals surface area (Å²) in [7, 11) is 0. The van der Waals surface area contributed by atoms with Crippen LogP contribution in [0.3, 0.4) is 0 Å². The van der Waals surface area contributed by atoms with Gasteiger partial charge in [0.1, 0.15) is 0 Å². The molecule has 1 nitrogen and oxygen atoms in total. The molecule has 0 amide bonds. The quantitative estimate of drug-likeness (QED) is 0.440. The minimum absolute atomic E-state index is 0.0540. The first kappa shape index (κ1) is 5.96. The number of hydrogen-bond acceptors (Lipinski definition) is 1. The van der Waals surface area contributed by atoms with Crippen LogP contribution >= 0.6 is 0 Å². The third-order valence-corrected chi connectivity index (χ3v) is 1.77. The predicted octanol–water partition coefficient (Wildman–Crippen LogP) is -0.0460. The van der Waals surface area contributed by atoms with Crippen LogP contribution in [0.1, 0.15) is 6.92 Å². The Hall–Kier alpha value is 0.960. The first-order valence-corrected chi connectivity index (χ1v) is 3.37. The molecule has 1 unspecified atom stereocenters. The molecule has 0 aromatic rings. The second kappa shape index (κ2) is 3.16. The Balaban J connectivity index is 2.54. The molecular formula is C3H7NaO. The van der Waals surface area contributed by atoms with E-state index in [4.69, 9.17) is 5.11 Å². The van der Waals surface area contributed by atoms with E-state index >= 15 is 0 Å². The maximum atomic E-state index is 8.40. The molecule has 0 heterocycles. The molecular weight excluding hydrogens is 75.0 g/mol. The van der Waals surface area contributed by atoms with Crippen LogP contribution in [0.25, 0.3) is 0 Å². The molecule has 0 bridgehead atoms. The zero-order valence-corrected chi connectivity index (χ0v) is 5.73. The topological polar surface area (TPSA) is 20.2 Å². The average molecular weight is 82.1 g/mol. The van der Waals surface area contributed by atoms with Gasteiger partial charge in [0.2, 0.25) is 0 Å². The van der Waals surface area contributed by atoms with Gasteiger partial charge in [-0.05, 0) is 0 Å². The van der Waals surface area contributed by atoms with E-state index in [1.165, 1.54) is 0 Å². The second-order valence-corrected chi connectivity index (χ2v) is 2.07. The summed E-state index contributed by atoms with van der Waals surface area (Å²) in [6, 6.07) is 0. The van der Waals surface area contributed by atoms with E-state index in [2.05, 4.69) is 0 Å². The second-order valence-electron chi connectivity index (χ2n) is 1.26. The van der Waals surface area contributed by atoms with Gasteiger partial charge in [-0.25, -0.2) is 0 Å². The van der Waals surface area contributed by atoms with Crippen LogP contribution in [0.2, 0.25) is 3.67 Å². The standard InChI is InChI=1S/C3H7O.Na/c1-3(2)4;/h3-4H,1H2,2H3;. The zero-order chi connectivity index (χ0) is 4.28. The average Bonchev–Trinajstić information content (AvgIpc) is 1.38. The molecule has 26 valence electrons. The molecule has 0 saturated carbocycles. The van der Waals surface area contributed by atoms with Crippen molar-refractivity contribution in [3.05, 3.63) is 0 Å². The molecule has 0 aromatic carbocycles. The fraction of sp³-hybridized carbons (Fsp3) is 1.00. The van der Waals surface area contributed by atoms with Gasteiger partial charge in [0.05, 0.1) is 0 Å². The van der Waals surface area contributed by atoms with Crippen molar-refractivity contribution < 1.29 is 5.11 Å². The van der Waals surface area contributed by atoms with E-state index in [1.807, 2.05) is 6.92 Å². The summed E-state index contributed by atoms with van der Waals surface area (Å²) in [6.07, 6.45) is -0.0540. The summed E-state index contributed by atoms with van der Waals surface area (Å²) in [5.74, 6) is 0. The summed E-state index contributed by atoms with van der Waals surface area (Å²) < 4.78 is 1.00. The van der Waals surface area contributed by atoms with Crippen molar-refractivity contribution in [2.45, 2.75) is 16.7 Å². The third-order valence-electron chi connectivity index (χ3n) is 0.591. The van der Waals surface area contributed by atoms with Gasteiger partial charge in [0.15, 0.2) is 0 Å². The van der Waals surface area contributed by atoms with Crippen LogP contribution < -0.4 is 0 Å². The van der Waals surface area contributed by atoms with Crippen molar-refractivity contribution in [2.75, 3.05) is 0 Å². The van der Waals surface area contributed by atoms with Gasteiger partial charge >= 0.3 is 49.7 Å². The van der Waals surface area contributed by atoms with Crippen molar-refractivity contribution in [1.29, 1.82) is 0 Å². The molecule has 0 aliphatic rings. The SMILES string of the molecule is CC(O)[CH2][Na]. The van der Waals surface area contributed by atoms with Crippen molar-refractivity contribution in [3.63, 3.8) is 0 Å². The Morgan fingerprint density at radius 3 is 2.20 bits per heavy atom. The van der Waals surface area contributed by atoms with Crippen LogP contribution in [-0.4, -0.2) is 39.1 Å². The normalized spacial score (nSPS) is 15.2. The Labute approximate surface area is 49.8 Å². The van der Waals surface area contributed by atoms with E-state index in [0.717, 1.165) is 31.6 Å². The van der Waals surface area contributed by atoms with E-state index in [9.17, 15) is 0 Å². The summed E-state index contributed by atoms with van der Waals surface area (Å²) in [5, 5.41) is 8.40. The van der Waals surface area contributed by atoms with Gasteiger partial charge < -0.3 is 0 Å². The maximum absolute atomic E-state index is 8.40. The Kier molecular flexibility index (Phi) is 3.77. The van der Waals surface area contributed by atoms with Crippen LogP contribution in [-0.2, 0) is 0 Å². The molecule has 0 radical (unpaired) electrons. The van der Waals surface area contributed by atoms with Crippen LogP contribution in [0.4, 0.5) is 0 Å². The molecule has 0 aliphatic carbocycles. The van der Waals surface area contributed by atoms with Crippen molar-refractivity contribution >= 4 is 27.9 Å². The Morgan fingerprint density at radius 2 is 2.20 bits per heavy atom. The summed E-state index contributed by atoms with van der Waals surface area (Å²) in [6.45, 7) is 1.81. The summed E-state index contributed by atoms with van der Waals surface area (Å²) in [4.78, 5) is 0. The van der Waals surface area contributed by atoms with E-state index in [0.29, 0.717) is 0 Å². The number of hydrogen-bond donors (Lipinski definition) is 1. The van der Waals surface area contributed by atoms with Gasteiger partial charge in [-0.2, -0.15) is 0 Å². The zero-order valence-electron chi connectivity index (χ0n) is 3.73. The molecule has 1 atom stereocenters. The molecule has 5 heavy (non-hydrogen) atoms. The molecule has 0 saturated heterocycles. The fourth-order valence-electron chi connectivity index (χ4n) is 0. The van der Waals surface area contributed by atoms with Crippen molar-refractivity contribution in [1.82, 2.24) is 0 Å². The van der Waals surface area contributed by atoms with E-state index in [1.54, 1.807) is 0 Å². The Morgan fingerprint density at radius 1 is 2.00 bits per heavy atom. The van der Waals surface area contributed by atoms with E-state index < -0.39 is 0 Å². The third kappa shape index (κ3) is 4.96. The first-order chi connectivity index (χ1) is 2.27. The number of aliphatic hydroxyl groups is 1. The molecule has 0 aliphatic heterocycles. The van der Waals surface area contributed by atoms with Gasteiger partial charge in [0, 0.05) is 0 Å². The molecule has 0 aromatic heterocycles. The van der Waals surface area contributed by atoms with Crippen molar-refractivity contribution in [2.24, 2.45) is 0 Å². The molecule has 0 fully saturated rings. The first-order valence-electron chi connectivity index (χ1n) is 1.95. The predicted molar refractivity (Wildman–Crippen MR) is 22.2 cm³/mol. The number of rotatable bonds is 1.